The van der Waals surface area contributed by atoms with Crippen LogP contribution in [0.15, 0.2) is 60.7 Å². The summed E-state index contributed by atoms with van der Waals surface area (Å²) in [5.41, 5.74) is 2.58. The monoisotopic (exact) mass is 324 g/mol. The molecule has 0 radical (unpaired) electrons. The van der Waals surface area contributed by atoms with Gasteiger partial charge in [0.2, 0.25) is 0 Å². The molecule has 124 valence electrons. The van der Waals surface area contributed by atoms with Crippen LogP contribution in [0.4, 0.5) is 8.78 Å². The predicted molar refractivity (Wildman–Crippen MR) is 96.0 cm³/mol. The van der Waals surface area contributed by atoms with Gasteiger partial charge < -0.3 is 0 Å². The molecule has 0 spiro atoms. The molecule has 1 aliphatic rings. The zero-order valence-corrected chi connectivity index (χ0v) is 14.1. The highest BCUT2D eigenvalue weighted by Crippen LogP contribution is 2.33. The lowest BCUT2D eigenvalue weighted by atomic mass is 9.84. The lowest BCUT2D eigenvalue weighted by Gasteiger charge is -2.21. The second-order valence-electron chi connectivity index (χ2n) is 6.44. The second kappa shape index (κ2) is 7.12. The van der Waals surface area contributed by atoms with E-state index in [0.29, 0.717) is 28.5 Å². The van der Waals surface area contributed by atoms with Crippen LogP contribution in [0, 0.1) is 24.5 Å². The van der Waals surface area contributed by atoms with Gasteiger partial charge in [0.05, 0.1) is 0 Å². The van der Waals surface area contributed by atoms with E-state index in [2.05, 4.69) is 24.3 Å². The van der Waals surface area contributed by atoms with Gasteiger partial charge in [0.15, 0.2) is 11.6 Å². The first-order valence-electron chi connectivity index (χ1n) is 8.46. The molecule has 2 aromatic carbocycles. The van der Waals surface area contributed by atoms with Crippen LogP contribution in [0.3, 0.4) is 0 Å². The predicted octanol–water partition coefficient (Wildman–Crippen LogP) is 6.57. The summed E-state index contributed by atoms with van der Waals surface area (Å²) in [6, 6.07) is 11.1. The Morgan fingerprint density at radius 3 is 2.29 bits per heavy atom. The SMILES string of the molecule is CC=CC1C=CC(c2ccc(-c3ccc(C)c(F)c3F)cc2)CC1. The third-order valence-corrected chi connectivity index (χ3v) is 4.77. The molecule has 0 aromatic heterocycles. The highest BCUT2D eigenvalue weighted by molar-refractivity contribution is 5.65. The van der Waals surface area contributed by atoms with Gasteiger partial charge in [0.25, 0.3) is 0 Å². The van der Waals surface area contributed by atoms with Gasteiger partial charge >= 0.3 is 0 Å². The first kappa shape index (κ1) is 16.6. The van der Waals surface area contributed by atoms with E-state index in [1.54, 1.807) is 19.1 Å². The van der Waals surface area contributed by atoms with Crippen molar-refractivity contribution < 1.29 is 8.78 Å². The Hall–Kier alpha value is -2.22. The van der Waals surface area contributed by atoms with E-state index in [4.69, 9.17) is 0 Å². The van der Waals surface area contributed by atoms with Crippen molar-refractivity contribution in [1.29, 1.82) is 0 Å². The molecule has 0 bridgehead atoms. The maximum absolute atomic E-state index is 14.1. The van der Waals surface area contributed by atoms with Crippen LogP contribution in [-0.2, 0) is 0 Å². The fourth-order valence-corrected chi connectivity index (χ4v) is 3.31. The molecule has 0 heterocycles. The number of benzene rings is 2. The minimum Gasteiger partial charge on any atom is -0.203 e. The second-order valence-corrected chi connectivity index (χ2v) is 6.44. The maximum Gasteiger partial charge on any atom is 0.166 e. The highest BCUT2D eigenvalue weighted by atomic mass is 19.2. The lowest BCUT2D eigenvalue weighted by Crippen LogP contribution is -2.05. The summed E-state index contributed by atoms with van der Waals surface area (Å²) in [5, 5.41) is 0. The number of aryl methyl sites for hydroxylation is 1. The van der Waals surface area contributed by atoms with E-state index in [0.717, 1.165) is 12.8 Å². The Morgan fingerprint density at radius 1 is 0.917 bits per heavy atom. The van der Waals surface area contributed by atoms with Crippen molar-refractivity contribution in [2.45, 2.75) is 32.6 Å². The molecule has 2 aromatic rings. The largest absolute Gasteiger partial charge is 0.203 e. The summed E-state index contributed by atoms with van der Waals surface area (Å²) in [6.07, 6.45) is 11.1. The van der Waals surface area contributed by atoms with Crippen LogP contribution >= 0.6 is 0 Å². The lowest BCUT2D eigenvalue weighted by molar-refractivity contribution is 0.505. The van der Waals surface area contributed by atoms with Crippen molar-refractivity contribution >= 4 is 0 Å². The number of hydrogen-bond donors (Lipinski definition) is 0. The number of rotatable bonds is 3. The molecule has 0 nitrogen and oxygen atoms in total. The molecule has 3 rings (SSSR count). The van der Waals surface area contributed by atoms with Gasteiger partial charge in [-0.25, -0.2) is 8.78 Å². The maximum atomic E-state index is 14.1. The van der Waals surface area contributed by atoms with E-state index in [-0.39, 0.29) is 0 Å². The molecule has 0 saturated heterocycles. The molecule has 2 unspecified atom stereocenters. The van der Waals surface area contributed by atoms with Crippen molar-refractivity contribution in [3.05, 3.63) is 83.5 Å². The van der Waals surface area contributed by atoms with Crippen LogP contribution in [-0.4, -0.2) is 0 Å². The van der Waals surface area contributed by atoms with Gasteiger partial charge in [0.1, 0.15) is 0 Å². The fraction of sp³-hybridized carbons (Fsp3) is 0.273. The highest BCUT2D eigenvalue weighted by Gasteiger charge is 2.16. The first-order chi connectivity index (χ1) is 11.6. The molecule has 0 amide bonds. The Balaban J connectivity index is 1.82. The van der Waals surface area contributed by atoms with Gasteiger partial charge in [-0.2, -0.15) is 0 Å². The summed E-state index contributed by atoms with van der Waals surface area (Å²) in [7, 11) is 0. The molecule has 0 fully saturated rings. The van der Waals surface area contributed by atoms with Gasteiger partial charge in [-0.05, 0) is 49.3 Å². The fourth-order valence-electron chi connectivity index (χ4n) is 3.31. The van der Waals surface area contributed by atoms with Crippen molar-refractivity contribution in [2.24, 2.45) is 5.92 Å². The molecule has 0 aliphatic heterocycles. The minimum absolute atomic E-state index is 0.317. The number of hydrogen-bond acceptors (Lipinski definition) is 0. The van der Waals surface area contributed by atoms with E-state index in [9.17, 15) is 8.78 Å². The molecule has 2 atom stereocenters. The van der Waals surface area contributed by atoms with Crippen molar-refractivity contribution in [3.8, 4) is 11.1 Å². The molecule has 0 N–H and O–H groups in total. The normalized spacial score (nSPS) is 20.7. The molecule has 1 aliphatic carbocycles. The van der Waals surface area contributed by atoms with Crippen LogP contribution in [0.1, 0.15) is 36.8 Å². The van der Waals surface area contributed by atoms with Gasteiger partial charge in [-0.1, -0.05) is 60.7 Å². The van der Waals surface area contributed by atoms with Gasteiger partial charge in [0, 0.05) is 11.5 Å². The first-order valence-corrected chi connectivity index (χ1v) is 8.46. The molecular weight excluding hydrogens is 302 g/mol. The summed E-state index contributed by atoms with van der Waals surface area (Å²) in [6.45, 7) is 3.62. The zero-order valence-electron chi connectivity index (χ0n) is 14.1. The van der Waals surface area contributed by atoms with Crippen LogP contribution < -0.4 is 0 Å². The van der Waals surface area contributed by atoms with Crippen molar-refractivity contribution in [1.82, 2.24) is 0 Å². The Bertz CT molecular complexity index is 769. The summed E-state index contributed by atoms with van der Waals surface area (Å²) >= 11 is 0. The van der Waals surface area contributed by atoms with Crippen molar-refractivity contribution in [3.63, 3.8) is 0 Å². The Labute approximate surface area is 142 Å². The Kier molecular flexibility index (Phi) is 4.94. The third kappa shape index (κ3) is 3.33. The average Bonchev–Trinajstić information content (AvgIpc) is 2.61. The van der Waals surface area contributed by atoms with E-state index >= 15 is 0 Å². The molecule has 0 saturated carbocycles. The number of halogens is 2. The van der Waals surface area contributed by atoms with Crippen molar-refractivity contribution in [2.75, 3.05) is 0 Å². The minimum atomic E-state index is -0.769. The molecule has 24 heavy (non-hydrogen) atoms. The van der Waals surface area contributed by atoms with E-state index in [1.165, 1.54) is 5.56 Å². The van der Waals surface area contributed by atoms with E-state index in [1.807, 2.05) is 31.2 Å². The van der Waals surface area contributed by atoms with Crippen LogP contribution in [0.25, 0.3) is 11.1 Å². The molecular formula is C22H22F2. The van der Waals surface area contributed by atoms with Gasteiger partial charge in [-0.15, -0.1) is 0 Å². The molecule has 2 heteroatoms. The van der Waals surface area contributed by atoms with Crippen LogP contribution in [0.2, 0.25) is 0 Å². The standard InChI is InChI=1S/C22H22F2/c1-3-4-16-6-8-17(9-7-16)18-10-12-19(13-11-18)20-14-5-15(2)21(23)22(20)24/h3-6,8,10-14,16-17H,7,9H2,1-2H3. The smallest absolute Gasteiger partial charge is 0.166 e. The third-order valence-electron chi connectivity index (χ3n) is 4.77. The summed E-state index contributed by atoms with van der Waals surface area (Å²) in [5.74, 6) is -0.591. The quantitative estimate of drug-likeness (QED) is 0.560. The zero-order chi connectivity index (χ0) is 17.1. The Morgan fingerprint density at radius 2 is 1.67 bits per heavy atom. The summed E-state index contributed by atoms with van der Waals surface area (Å²) < 4.78 is 27.9. The van der Waals surface area contributed by atoms with E-state index < -0.39 is 11.6 Å². The average molecular weight is 324 g/mol. The number of allylic oxidation sites excluding steroid dienone is 4. The topological polar surface area (TPSA) is 0 Å². The van der Waals surface area contributed by atoms with Gasteiger partial charge in [-0.3, -0.25) is 0 Å². The summed E-state index contributed by atoms with van der Waals surface area (Å²) in [4.78, 5) is 0. The van der Waals surface area contributed by atoms with Crippen LogP contribution in [0.5, 0.6) is 0 Å².